The molecule has 1 aliphatic rings. The minimum atomic E-state index is -3.05. The van der Waals surface area contributed by atoms with Gasteiger partial charge in [0.15, 0.2) is 5.78 Å². The van der Waals surface area contributed by atoms with Crippen molar-refractivity contribution >= 4 is 15.6 Å². The van der Waals surface area contributed by atoms with Crippen LogP contribution in [0.15, 0.2) is 0 Å². The Morgan fingerprint density at radius 3 is 2.67 bits per heavy atom. The van der Waals surface area contributed by atoms with E-state index < -0.39 is 15.9 Å². The third-order valence-electron chi connectivity index (χ3n) is 3.63. The van der Waals surface area contributed by atoms with Gasteiger partial charge in [-0.05, 0) is 25.7 Å². The smallest absolute Gasteiger partial charge is 0.152 e. The molecule has 0 heterocycles. The average Bonchev–Trinajstić information content (AvgIpc) is 2.34. The Morgan fingerprint density at radius 2 is 2.11 bits per heavy atom. The van der Waals surface area contributed by atoms with E-state index in [2.05, 4.69) is 0 Å². The summed E-state index contributed by atoms with van der Waals surface area (Å²) in [4.78, 5) is 12.1. The fraction of sp³-hybridized carbons (Fsp3) is 0.917. The second-order valence-electron chi connectivity index (χ2n) is 5.11. The molecule has 0 amide bonds. The van der Waals surface area contributed by atoms with E-state index in [1.807, 2.05) is 0 Å². The number of hydrogen-bond donors (Lipinski definition) is 1. The monoisotopic (exact) mass is 277 g/mol. The summed E-state index contributed by atoms with van der Waals surface area (Å²) < 4.78 is 28.0. The number of sulfone groups is 1. The standard InChI is InChI=1S/C12H23NO4S/c1-17-7-6-11(13)12(14)9-4-3-5-10(8-9)18(2,15)16/h9-11H,3-8,13H2,1-2H3. The predicted molar refractivity (Wildman–Crippen MR) is 70.1 cm³/mol. The molecule has 3 unspecified atom stereocenters. The van der Waals surface area contributed by atoms with E-state index in [1.165, 1.54) is 6.26 Å². The minimum Gasteiger partial charge on any atom is -0.385 e. The van der Waals surface area contributed by atoms with Crippen LogP contribution >= 0.6 is 0 Å². The van der Waals surface area contributed by atoms with E-state index in [1.54, 1.807) is 7.11 Å². The molecule has 0 aromatic heterocycles. The molecule has 0 spiro atoms. The zero-order valence-corrected chi connectivity index (χ0v) is 11.9. The van der Waals surface area contributed by atoms with Crippen LogP contribution in [-0.2, 0) is 19.4 Å². The molecule has 0 aliphatic heterocycles. The first-order valence-electron chi connectivity index (χ1n) is 6.33. The number of rotatable bonds is 6. The Bertz CT molecular complexity index is 380. The van der Waals surface area contributed by atoms with Gasteiger partial charge in [-0.2, -0.15) is 0 Å². The van der Waals surface area contributed by atoms with E-state index in [9.17, 15) is 13.2 Å². The topological polar surface area (TPSA) is 86.5 Å². The minimum absolute atomic E-state index is 0.0135. The molecule has 1 fully saturated rings. The van der Waals surface area contributed by atoms with Gasteiger partial charge in [0.2, 0.25) is 0 Å². The molecular weight excluding hydrogens is 254 g/mol. The summed E-state index contributed by atoms with van der Waals surface area (Å²) in [7, 11) is -1.49. The molecule has 5 nitrogen and oxygen atoms in total. The number of hydrogen-bond acceptors (Lipinski definition) is 5. The Labute approximate surface area is 109 Å². The zero-order chi connectivity index (χ0) is 13.8. The maximum absolute atomic E-state index is 12.1. The number of carbonyl (C=O) groups excluding carboxylic acids is 1. The van der Waals surface area contributed by atoms with Crippen LogP contribution in [0.4, 0.5) is 0 Å². The third kappa shape index (κ3) is 4.33. The summed E-state index contributed by atoms with van der Waals surface area (Å²) in [5.74, 6) is -0.217. The molecule has 3 atom stereocenters. The molecule has 0 aromatic rings. The van der Waals surface area contributed by atoms with Gasteiger partial charge in [0.1, 0.15) is 9.84 Å². The highest BCUT2D eigenvalue weighted by Gasteiger charge is 2.34. The summed E-state index contributed by atoms with van der Waals surface area (Å²) >= 11 is 0. The lowest BCUT2D eigenvalue weighted by Gasteiger charge is -2.28. The van der Waals surface area contributed by atoms with E-state index in [0.29, 0.717) is 25.9 Å². The summed E-state index contributed by atoms with van der Waals surface area (Å²) in [5, 5.41) is -0.380. The number of ether oxygens (including phenoxy) is 1. The molecule has 1 rings (SSSR count). The summed E-state index contributed by atoms with van der Waals surface area (Å²) in [6.45, 7) is 0.454. The van der Waals surface area contributed by atoms with Crippen LogP contribution in [0.25, 0.3) is 0 Å². The quantitative estimate of drug-likeness (QED) is 0.765. The summed E-state index contributed by atoms with van der Waals surface area (Å²) in [6, 6.07) is -0.534. The molecule has 2 N–H and O–H groups in total. The van der Waals surface area contributed by atoms with Crippen molar-refractivity contribution in [1.29, 1.82) is 0 Å². The van der Waals surface area contributed by atoms with Crippen molar-refractivity contribution in [1.82, 2.24) is 0 Å². The first kappa shape index (κ1) is 15.6. The molecular formula is C12H23NO4S. The number of Topliss-reactive ketones (excluding diaryl/α,β-unsaturated/α-hetero) is 1. The average molecular weight is 277 g/mol. The Balaban J connectivity index is 2.58. The maximum atomic E-state index is 12.1. The van der Waals surface area contributed by atoms with E-state index in [-0.39, 0.29) is 17.0 Å². The molecule has 0 radical (unpaired) electrons. The van der Waals surface area contributed by atoms with Crippen LogP contribution in [0.3, 0.4) is 0 Å². The van der Waals surface area contributed by atoms with Crippen LogP contribution in [0.1, 0.15) is 32.1 Å². The van der Waals surface area contributed by atoms with E-state index in [4.69, 9.17) is 10.5 Å². The SMILES string of the molecule is COCCC(N)C(=O)C1CCCC(S(C)(=O)=O)C1. The molecule has 6 heteroatoms. The van der Waals surface area contributed by atoms with Crippen molar-refractivity contribution in [3.63, 3.8) is 0 Å². The molecule has 0 bridgehead atoms. The highest BCUT2D eigenvalue weighted by atomic mass is 32.2. The number of methoxy groups -OCH3 is 1. The van der Waals surface area contributed by atoms with Crippen molar-refractivity contribution in [3.8, 4) is 0 Å². The van der Waals surface area contributed by atoms with Gasteiger partial charge in [-0.25, -0.2) is 8.42 Å². The van der Waals surface area contributed by atoms with Gasteiger partial charge in [-0.1, -0.05) is 6.42 Å². The molecule has 106 valence electrons. The molecule has 1 saturated carbocycles. The fourth-order valence-corrected chi connectivity index (χ4v) is 3.66. The second-order valence-corrected chi connectivity index (χ2v) is 7.43. The highest BCUT2D eigenvalue weighted by molar-refractivity contribution is 7.91. The summed E-state index contributed by atoms with van der Waals surface area (Å²) in [6.07, 6.45) is 4.37. The largest absolute Gasteiger partial charge is 0.385 e. The molecule has 18 heavy (non-hydrogen) atoms. The van der Waals surface area contributed by atoms with Crippen LogP contribution in [-0.4, -0.2) is 45.5 Å². The molecule has 1 aliphatic carbocycles. The van der Waals surface area contributed by atoms with Crippen LogP contribution in [0.5, 0.6) is 0 Å². The first-order chi connectivity index (χ1) is 8.36. The summed E-state index contributed by atoms with van der Waals surface area (Å²) in [5.41, 5.74) is 5.81. The van der Waals surface area contributed by atoms with Gasteiger partial charge < -0.3 is 10.5 Å². The van der Waals surface area contributed by atoms with Crippen molar-refractivity contribution < 1.29 is 17.9 Å². The Kier molecular flexibility index (Phi) is 5.75. The van der Waals surface area contributed by atoms with Crippen molar-refractivity contribution in [2.45, 2.75) is 43.4 Å². The van der Waals surface area contributed by atoms with Crippen LogP contribution in [0, 0.1) is 5.92 Å². The van der Waals surface area contributed by atoms with Gasteiger partial charge in [-0.15, -0.1) is 0 Å². The van der Waals surface area contributed by atoms with E-state index in [0.717, 1.165) is 12.8 Å². The number of nitrogens with two attached hydrogens (primary N) is 1. The van der Waals surface area contributed by atoms with Crippen molar-refractivity contribution in [2.24, 2.45) is 11.7 Å². The van der Waals surface area contributed by atoms with Gasteiger partial charge >= 0.3 is 0 Å². The second kappa shape index (κ2) is 6.63. The Hall–Kier alpha value is -0.460. The van der Waals surface area contributed by atoms with Crippen molar-refractivity contribution in [3.05, 3.63) is 0 Å². The van der Waals surface area contributed by atoms with Gasteiger partial charge in [0.05, 0.1) is 11.3 Å². The number of carbonyl (C=O) groups is 1. The lowest BCUT2D eigenvalue weighted by atomic mass is 9.83. The predicted octanol–water partition coefficient (Wildman–Crippen LogP) is 0.523. The fourth-order valence-electron chi connectivity index (χ4n) is 2.48. The molecule has 0 aromatic carbocycles. The maximum Gasteiger partial charge on any atom is 0.152 e. The lowest BCUT2D eigenvalue weighted by molar-refractivity contribution is -0.125. The Morgan fingerprint density at radius 1 is 1.44 bits per heavy atom. The van der Waals surface area contributed by atoms with Crippen LogP contribution < -0.4 is 5.73 Å². The lowest BCUT2D eigenvalue weighted by Crippen LogP contribution is -2.40. The highest BCUT2D eigenvalue weighted by Crippen LogP contribution is 2.29. The van der Waals surface area contributed by atoms with Gasteiger partial charge in [0.25, 0.3) is 0 Å². The van der Waals surface area contributed by atoms with Gasteiger partial charge in [-0.3, -0.25) is 4.79 Å². The molecule has 0 saturated heterocycles. The number of ketones is 1. The first-order valence-corrected chi connectivity index (χ1v) is 8.28. The third-order valence-corrected chi connectivity index (χ3v) is 5.27. The van der Waals surface area contributed by atoms with Gasteiger partial charge in [0, 0.05) is 25.9 Å². The zero-order valence-electron chi connectivity index (χ0n) is 11.1. The van der Waals surface area contributed by atoms with Crippen LogP contribution in [0.2, 0.25) is 0 Å². The normalized spacial score (nSPS) is 26.8. The van der Waals surface area contributed by atoms with Crippen molar-refractivity contribution in [2.75, 3.05) is 20.0 Å². The van der Waals surface area contributed by atoms with E-state index >= 15 is 0 Å².